The summed E-state index contributed by atoms with van der Waals surface area (Å²) < 4.78 is 17.1. The third kappa shape index (κ3) is 4.68. The summed E-state index contributed by atoms with van der Waals surface area (Å²) in [5, 5.41) is 2.83. The van der Waals surface area contributed by atoms with Crippen molar-refractivity contribution in [2.75, 3.05) is 13.7 Å². The lowest BCUT2D eigenvalue weighted by atomic mass is 10.1. The Labute approximate surface area is 159 Å². The molecule has 1 saturated heterocycles. The maximum atomic E-state index is 12.4. The highest BCUT2D eigenvalue weighted by Gasteiger charge is 2.43. The largest absolute Gasteiger partial charge is 0.377 e. The number of carbonyl (C=O) groups is 1. The van der Waals surface area contributed by atoms with Gasteiger partial charge in [-0.05, 0) is 20.8 Å². The minimum Gasteiger partial charge on any atom is -0.377 e. The van der Waals surface area contributed by atoms with Crippen LogP contribution in [0.5, 0.6) is 0 Å². The fourth-order valence-corrected chi connectivity index (χ4v) is 3.16. The van der Waals surface area contributed by atoms with E-state index in [9.17, 15) is 4.79 Å². The molecule has 7 heteroatoms. The molecule has 1 N–H and O–H groups in total. The van der Waals surface area contributed by atoms with E-state index in [0.717, 1.165) is 11.3 Å². The molecule has 3 rings (SSSR count). The molecule has 1 amide bonds. The van der Waals surface area contributed by atoms with Crippen molar-refractivity contribution in [1.29, 1.82) is 0 Å². The van der Waals surface area contributed by atoms with E-state index in [2.05, 4.69) is 15.3 Å². The molecule has 3 unspecified atom stereocenters. The molecule has 0 saturated carbocycles. The van der Waals surface area contributed by atoms with Crippen LogP contribution in [-0.2, 0) is 14.2 Å². The second-order valence-corrected chi connectivity index (χ2v) is 6.94. The van der Waals surface area contributed by atoms with Crippen molar-refractivity contribution in [3.8, 4) is 11.3 Å². The molecule has 0 aliphatic carbocycles. The van der Waals surface area contributed by atoms with E-state index in [4.69, 9.17) is 14.2 Å². The van der Waals surface area contributed by atoms with Crippen molar-refractivity contribution in [3.05, 3.63) is 48.4 Å². The van der Waals surface area contributed by atoms with Crippen molar-refractivity contribution >= 4 is 5.91 Å². The summed E-state index contributed by atoms with van der Waals surface area (Å²) in [6.45, 7) is 5.93. The van der Waals surface area contributed by atoms with E-state index >= 15 is 0 Å². The van der Waals surface area contributed by atoms with Gasteiger partial charge >= 0.3 is 0 Å². The smallest absolute Gasteiger partial charge is 0.271 e. The molecule has 2 heterocycles. The van der Waals surface area contributed by atoms with E-state index in [-0.39, 0.29) is 36.5 Å². The summed E-state index contributed by atoms with van der Waals surface area (Å²) in [4.78, 5) is 20.9. The van der Waals surface area contributed by atoms with Crippen LogP contribution in [0.2, 0.25) is 0 Å². The molecular weight excluding hydrogens is 346 g/mol. The number of amides is 1. The predicted molar refractivity (Wildman–Crippen MR) is 100 cm³/mol. The second kappa shape index (κ2) is 8.12. The molecule has 1 aliphatic heterocycles. The number of aromatic nitrogens is 2. The van der Waals surface area contributed by atoms with Crippen LogP contribution in [0.15, 0.2) is 42.7 Å². The number of benzene rings is 1. The molecule has 1 fully saturated rings. The lowest BCUT2D eigenvalue weighted by Crippen LogP contribution is -2.44. The predicted octanol–water partition coefficient (Wildman–Crippen LogP) is 2.43. The molecule has 0 spiro atoms. The Morgan fingerprint density at radius 2 is 1.96 bits per heavy atom. The van der Waals surface area contributed by atoms with E-state index in [1.165, 1.54) is 6.20 Å². The number of hydrogen-bond acceptors (Lipinski definition) is 6. The Hall–Kier alpha value is -2.35. The molecule has 27 heavy (non-hydrogen) atoms. The van der Waals surface area contributed by atoms with E-state index < -0.39 is 5.79 Å². The topological polar surface area (TPSA) is 82.6 Å². The van der Waals surface area contributed by atoms with Gasteiger partial charge in [-0.25, -0.2) is 4.98 Å². The summed E-state index contributed by atoms with van der Waals surface area (Å²) in [6, 6.07) is 9.68. The van der Waals surface area contributed by atoms with Crippen LogP contribution >= 0.6 is 0 Å². The summed E-state index contributed by atoms with van der Waals surface area (Å²) in [6.07, 6.45) is 2.34. The van der Waals surface area contributed by atoms with Gasteiger partial charge < -0.3 is 19.5 Å². The number of rotatable bonds is 6. The van der Waals surface area contributed by atoms with Crippen molar-refractivity contribution in [2.45, 2.75) is 44.9 Å². The number of carbonyl (C=O) groups excluding carboxylic acids is 1. The number of nitrogens with one attached hydrogen (secondary N) is 1. The molecule has 1 aromatic carbocycles. The highest BCUT2D eigenvalue weighted by atomic mass is 16.8. The van der Waals surface area contributed by atoms with Gasteiger partial charge in [-0.3, -0.25) is 9.78 Å². The fraction of sp³-hybridized carbons (Fsp3) is 0.450. The molecule has 3 atom stereocenters. The quantitative estimate of drug-likeness (QED) is 0.840. The van der Waals surface area contributed by atoms with Gasteiger partial charge in [0, 0.05) is 19.2 Å². The fourth-order valence-electron chi connectivity index (χ4n) is 3.16. The molecule has 0 radical (unpaired) electrons. The SMILES string of the molecule is COC(CNC(=O)c1cnc(-c2ccccc2)cn1)C1OC(C)(C)OC1C. The average molecular weight is 371 g/mol. The Morgan fingerprint density at radius 1 is 1.22 bits per heavy atom. The van der Waals surface area contributed by atoms with Crippen LogP contribution in [-0.4, -0.2) is 53.6 Å². The third-order valence-electron chi connectivity index (χ3n) is 4.44. The lowest BCUT2D eigenvalue weighted by Gasteiger charge is -2.24. The summed E-state index contributed by atoms with van der Waals surface area (Å²) in [5.74, 6) is -0.973. The van der Waals surface area contributed by atoms with Crippen LogP contribution in [0.3, 0.4) is 0 Å². The number of nitrogens with zero attached hydrogens (tertiary/aromatic N) is 2. The van der Waals surface area contributed by atoms with Crippen molar-refractivity contribution in [1.82, 2.24) is 15.3 Å². The summed E-state index contributed by atoms with van der Waals surface area (Å²) in [7, 11) is 1.59. The highest BCUT2D eigenvalue weighted by Crippen LogP contribution is 2.30. The standard InChI is InChI=1S/C20H25N3O4/c1-13-18(27-20(2,3)26-13)17(25-4)12-23-19(24)16-11-21-15(10-22-16)14-8-6-5-7-9-14/h5-11,13,17-18H,12H2,1-4H3,(H,23,24). The minimum absolute atomic E-state index is 0.133. The molecule has 144 valence electrons. The first-order valence-corrected chi connectivity index (χ1v) is 8.94. The summed E-state index contributed by atoms with van der Waals surface area (Å²) in [5.41, 5.74) is 1.92. The minimum atomic E-state index is -0.663. The maximum Gasteiger partial charge on any atom is 0.271 e. The van der Waals surface area contributed by atoms with Gasteiger partial charge in [0.05, 0.1) is 24.2 Å². The van der Waals surface area contributed by atoms with Crippen LogP contribution in [0.1, 0.15) is 31.3 Å². The third-order valence-corrected chi connectivity index (χ3v) is 4.44. The van der Waals surface area contributed by atoms with E-state index in [1.807, 2.05) is 51.1 Å². The van der Waals surface area contributed by atoms with Gasteiger partial charge in [0.25, 0.3) is 5.91 Å². The van der Waals surface area contributed by atoms with Gasteiger partial charge in [-0.2, -0.15) is 0 Å². The highest BCUT2D eigenvalue weighted by molar-refractivity contribution is 5.92. The van der Waals surface area contributed by atoms with Crippen LogP contribution in [0, 0.1) is 0 Å². The van der Waals surface area contributed by atoms with Gasteiger partial charge in [-0.15, -0.1) is 0 Å². The van der Waals surface area contributed by atoms with Crippen LogP contribution < -0.4 is 5.32 Å². The molecule has 0 bridgehead atoms. The van der Waals surface area contributed by atoms with Crippen LogP contribution in [0.25, 0.3) is 11.3 Å². The zero-order chi connectivity index (χ0) is 19.4. The number of methoxy groups -OCH3 is 1. The number of ether oxygens (including phenoxy) is 3. The Balaban J connectivity index is 1.60. The normalized spacial score (nSPS) is 22.4. The zero-order valence-electron chi connectivity index (χ0n) is 16.0. The molecular formula is C20H25N3O4. The average Bonchev–Trinajstić information content (AvgIpc) is 2.95. The second-order valence-electron chi connectivity index (χ2n) is 6.94. The Bertz CT molecular complexity index is 765. The van der Waals surface area contributed by atoms with Crippen LogP contribution in [0.4, 0.5) is 0 Å². The maximum absolute atomic E-state index is 12.4. The number of hydrogen-bond donors (Lipinski definition) is 1. The van der Waals surface area contributed by atoms with E-state index in [0.29, 0.717) is 0 Å². The van der Waals surface area contributed by atoms with Crippen molar-refractivity contribution < 1.29 is 19.0 Å². The molecule has 1 aliphatic rings. The van der Waals surface area contributed by atoms with Gasteiger partial charge in [0.2, 0.25) is 0 Å². The Morgan fingerprint density at radius 3 is 2.52 bits per heavy atom. The molecule has 7 nitrogen and oxygen atoms in total. The molecule has 2 aromatic rings. The Kier molecular flexibility index (Phi) is 5.84. The van der Waals surface area contributed by atoms with Gasteiger partial charge in [0.15, 0.2) is 5.79 Å². The van der Waals surface area contributed by atoms with Crippen molar-refractivity contribution in [2.24, 2.45) is 0 Å². The first-order chi connectivity index (χ1) is 12.9. The van der Waals surface area contributed by atoms with E-state index in [1.54, 1.807) is 13.3 Å². The lowest BCUT2D eigenvalue weighted by molar-refractivity contribution is -0.156. The zero-order valence-corrected chi connectivity index (χ0v) is 16.0. The molecule has 1 aromatic heterocycles. The first kappa shape index (κ1) is 19.4. The van der Waals surface area contributed by atoms with Gasteiger partial charge in [0.1, 0.15) is 17.9 Å². The summed E-state index contributed by atoms with van der Waals surface area (Å²) >= 11 is 0. The van der Waals surface area contributed by atoms with Crippen molar-refractivity contribution in [3.63, 3.8) is 0 Å². The van der Waals surface area contributed by atoms with Gasteiger partial charge in [-0.1, -0.05) is 30.3 Å². The first-order valence-electron chi connectivity index (χ1n) is 8.94. The monoisotopic (exact) mass is 371 g/mol.